The fourth-order valence-corrected chi connectivity index (χ4v) is 1.76. The van der Waals surface area contributed by atoms with Crippen LogP contribution in [0.5, 0.6) is 0 Å². The van der Waals surface area contributed by atoms with Crippen LogP contribution >= 0.6 is 0 Å². The monoisotopic (exact) mass is 217 g/mol. The highest BCUT2D eigenvalue weighted by Crippen LogP contribution is 2.16. The molecule has 0 bridgehead atoms. The second-order valence-corrected chi connectivity index (χ2v) is 3.66. The van der Waals surface area contributed by atoms with Crippen molar-refractivity contribution in [1.82, 2.24) is 24.7 Å². The first-order valence-electron chi connectivity index (χ1n) is 5.02. The fraction of sp³-hybridized carbons (Fsp3) is 0.333. The third kappa shape index (κ3) is 1.46. The van der Waals surface area contributed by atoms with Gasteiger partial charge in [0.1, 0.15) is 18.0 Å². The van der Waals surface area contributed by atoms with Crippen molar-refractivity contribution in [2.45, 2.75) is 13.1 Å². The molecule has 0 amide bonds. The summed E-state index contributed by atoms with van der Waals surface area (Å²) in [5.41, 5.74) is 5.50. The minimum absolute atomic E-state index is 0.434. The molecular weight excluding hydrogens is 206 g/mol. The van der Waals surface area contributed by atoms with Crippen LogP contribution in [0, 0.1) is 0 Å². The van der Waals surface area contributed by atoms with Gasteiger partial charge in [-0.15, -0.1) is 10.2 Å². The third-order valence-electron chi connectivity index (χ3n) is 2.62. The maximum atomic E-state index is 5.50. The van der Waals surface area contributed by atoms with Gasteiger partial charge in [0.05, 0.1) is 18.9 Å². The molecule has 16 heavy (non-hydrogen) atoms. The fourth-order valence-electron chi connectivity index (χ4n) is 1.76. The molecule has 0 unspecified atom stereocenters. The summed E-state index contributed by atoms with van der Waals surface area (Å²) in [5, 5.41) is 7.92. The van der Waals surface area contributed by atoms with Crippen LogP contribution in [-0.2, 0) is 13.1 Å². The van der Waals surface area contributed by atoms with Crippen LogP contribution in [-0.4, -0.2) is 31.3 Å². The van der Waals surface area contributed by atoms with Gasteiger partial charge in [0.15, 0.2) is 5.82 Å². The van der Waals surface area contributed by atoms with Crippen molar-refractivity contribution in [1.29, 1.82) is 0 Å². The van der Waals surface area contributed by atoms with Gasteiger partial charge in [-0.2, -0.15) is 0 Å². The number of hydrogen-bond donors (Lipinski definition) is 1. The first kappa shape index (κ1) is 9.08. The van der Waals surface area contributed by atoms with E-state index in [9.17, 15) is 0 Å². The third-order valence-corrected chi connectivity index (χ3v) is 2.62. The number of hydrogen-bond acceptors (Lipinski definition) is 6. The SMILES string of the molecule is Nc1cnc(N2CCn3cnnc3C2)cn1. The number of fused-ring (bicyclic) bond motifs is 1. The molecular formula is C9H11N7. The summed E-state index contributed by atoms with van der Waals surface area (Å²) in [5.74, 6) is 2.21. The Morgan fingerprint density at radius 1 is 1.19 bits per heavy atom. The highest BCUT2D eigenvalue weighted by atomic mass is 15.3. The Bertz CT molecular complexity index is 489. The summed E-state index contributed by atoms with van der Waals surface area (Å²) in [6, 6.07) is 0. The van der Waals surface area contributed by atoms with E-state index in [2.05, 4.69) is 25.1 Å². The van der Waals surface area contributed by atoms with Crippen molar-refractivity contribution in [2.24, 2.45) is 0 Å². The zero-order chi connectivity index (χ0) is 11.0. The highest BCUT2D eigenvalue weighted by molar-refractivity contribution is 5.39. The van der Waals surface area contributed by atoms with Gasteiger partial charge in [-0.3, -0.25) is 0 Å². The standard InChI is InChI=1S/C9H11N7/c10-7-3-12-8(4-11-7)15-1-2-16-6-13-14-9(16)5-15/h3-4,6H,1-2,5H2,(H2,10,11). The van der Waals surface area contributed by atoms with Gasteiger partial charge in [0.2, 0.25) is 0 Å². The first-order valence-corrected chi connectivity index (χ1v) is 5.02. The zero-order valence-electron chi connectivity index (χ0n) is 8.61. The van der Waals surface area contributed by atoms with Crippen LogP contribution in [0.4, 0.5) is 11.6 Å². The van der Waals surface area contributed by atoms with E-state index in [0.29, 0.717) is 12.4 Å². The molecule has 0 fully saturated rings. The van der Waals surface area contributed by atoms with Gasteiger partial charge in [-0.1, -0.05) is 0 Å². The molecule has 1 aliphatic rings. The van der Waals surface area contributed by atoms with Crippen LogP contribution in [0.3, 0.4) is 0 Å². The van der Waals surface area contributed by atoms with E-state index in [1.54, 1.807) is 18.7 Å². The second-order valence-electron chi connectivity index (χ2n) is 3.66. The lowest BCUT2D eigenvalue weighted by Crippen LogP contribution is -2.34. The molecule has 0 saturated heterocycles. The van der Waals surface area contributed by atoms with Crippen molar-refractivity contribution in [3.05, 3.63) is 24.5 Å². The van der Waals surface area contributed by atoms with E-state index in [1.807, 2.05) is 4.57 Å². The zero-order valence-corrected chi connectivity index (χ0v) is 8.61. The molecule has 82 valence electrons. The Morgan fingerprint density at radius 3 is 2.94 bits per heavy atom. The van der Waals surface area contributed by atoms with E-state index in [1.165, 1.54) is 0 Å². The quantitative estimate of drug-likeness (QED) is 0.704. The largest absolute Gasteiger partial charge is 0.382 e. The molecule has 0 radical (unpaired) electrons. The van der Waals surface area contributed by atoms with E-state index >= 15 is 0 Å². The maximum absolute atomic E-state index is 5.50. The molecule has 0 spiro atoms. The molecule has 0 atom stereocenters. The lowest BCUT2D eigenvalue weighted by atomic mass is 10.3. The van der Waals surface area contributed by atoms with Crippen LogP contribution in [0.15, 0.2) is 18.7 Å². The summed E-state index contributed by atoms with van der Waals surface area (Å²) < 4.78 is 2.04. The Kier molecular flexibility index (Phi) is 1.95. The highest BCUT2D eigenvalue weighted by Gasteiger charge is 2.18. The Hall–Kier alpha value is -2.18. The van der Waals surface area contributed by atoms with Crippen LogP contribution in [0.1, 0.15) is 5.82 Å². The molecule has 7 nitrogen and oxygen atoms in total. The van der Waals surface area contributed by atoms with E-state index in [-0.39, 0.29) is 0 Å². The van der Waals surface area contributed by atoms with Gasteiger partial charge >= 0.3 is 0 Å². The van der Waals surface area contributed by atoms with E-state index < -0.39 is 0 Å². The molecule has 2 aromatic rings. The molecule has 0 saturated carbocycles. The average molecular weight is 217 g/mol. The Labute approximate surface area is 91.9 Å². The van der Waals surface area contributed by atoms with Crippen LogP contribution < -0.4 is 10.6 Å². The minimum Gasteiger partial charge on any atom is -0.382 e. The van der Waals surface area contributed by atoms with Crippen molar-refractivity contribution in [2.75, 3.05) is 17.2 Å². The van der Waals surface area contributed by atoms with Gasteiger partial charge < -0.3 is 15.2 Å². The van der Waals surface area contributed by atoms with Crippen molar-refractivity contribution in [3.8, 4) is 0 Å². The maximum Gasteiger partial charge on any atom is 0.152 e. The minimum atomic E-state index is 0.434. The first-order chi connectivity index (χ1) is 7.83. The molecule has 3 heterocycles. The van der Waals surface area contributed by atoms with Gasteiger partial charge in [0.25, 0.3) is 0 Å². The molecule has 7 heteroatoms. The van der Waals surface area contributed by atoms with Gasteiger partial charge in [-0.05, 0) is 0 Å². The normalized spacial score (nSPS) is 14.9. The van der Waals surface area contributed by atoms with E-state index in [4.69, 9.17) is 5.73 Å². The predicted octanol–water partition coefficient (Wildman–Crippen LogP) is -0.330. The number of nitrogens with two attached hydrogens (primary N) is 1. The topological polar surface area (TPSA) is 85.8 Å². The molecule has 0 aliphatic carbocycles. The number of rotatable bonds is 1. The summed E-state index contributed by atoms with van der Waals surface area (Å²) in [4.78, 5) is 10.4. The molecule has 1 aliphatic heterocycles. The predicted molar refractivity (Wildman–Crippen MR) is 57.5 cm³/mol. The molecule has 2 aromatic heterocycles. The molecule has 3 rings (SSSR count). The number of nitrogen functional groups attached to an aromatic ring is 1. The smallest absolute Gasteiger partial charge is 0.152 e. The van der Waals surface area contributed by atoms with Gasteiger partial charge in [-0.25, -0.2) is 9.97 Å². The number of aromatic nitrogens is 5. The Morgan fingerprint density at radius 2 is 2.12 bits per heavy atom. The van der Waals surface area contributed by atoms with Crippen LogP contribution in [0.25, 0.3) is 0 Å². The summed E-state index contributed by atoms with van der Waals surface area (Å²) in [6.07, 6.45) is 5.00. The number of anilines is 2. The number of nitrogens with zero attached hydrogens (tertiary/aromatic N) is 6. The lowest BCUT2D eigenvalue weighted by molar-refractivity contribution is 0.555. The summed E-state index contributed by atoms with van der Waals surface area (Å²) >= 11 is 0. The molecule has 0 aromatic carbocycles. The second kappa shape index (κ2) is 3.44. The summed E-state index contributed by atoms with van der Waals surface area (Å²) in [7, 11) is 0. The van der Waals surface area contributed by atoms with Gasteiger partial charge in [0, 0.05) is 13.1 Å². The van der Waals surface area contributed by atoms with Crippen molar-refractivity contribution < 1.29 is 0 Å². The average Bonchev–Trinajstić information content (AvgIpc) is 2.77. The van der Waals surface area contributed by atoms with Crippen molar-refractivity contribution >= 4 is 11.6 Å². The molecule has 2 N–H and O–H groups in total. The van der Waals surface area contributed by atoms with Crippen LogP contribution in [0.2, 0.25) is 0 Å². The Balaban J connectivity index is 1.86. The van der Waals surface area contributed by atoms with Crippen molar-refractivity contribution in [3.63, 3.8) is 0 Å². The van der Waals surface area contributed by atoms with E-state index in [0.717, 1.165) is 24.7 Å². The summed E-state index contributed by atoms with van der Waals surface area (Å²) in [6.45, 7) is 2.45. The lowest BCUT2D eigenvalue weighted by Gasteiger charge is -2.27.